The molecule has 0 N–H and O–H groups in total. The maximum absolute atomic E-state index is 11.6. The van der Waals surface area contributed by atoms with Crippen molar-refractivity contribution in [3.63, 3.8) is 0 Å². The highest BCUT2D eigenvalue weighted by Gasteiger charge is 2.61. The molecule has 5 atom stereocenters. The third-order valence-electron chi connectivity index (χ3n) is 3.75. The minimum atomic E-state index is -0.422. The number of rotatable bonds is 2. The Morgan fingerprint density at radius 1 is 1.53 bits per heavy atom. The first kappa shape index (κ1) is 10.8. The smallest absolute Gasteiger partial charge is 0.333 e. The summed E-state index contributed by atoms with van der Waals surface area (Å²) in [4.78, 5) is 23.0. The minimum absolute atomic E-state index is 0.0145. The zero-order chi connectivity index (χ0) is 12.2. The van der Waals surface area contributed by atoms with Gasteiger partial charge in [0.15, 0.2) is 0 Å². The molecule has 0 spiro atoms. The van der Waals surface area contributed by atoms with E-state index in [0.29, 0.717) is 18.6 Å². The molecule has 0 amide bonds. The zero-order valence-corrected chi connectivity index (χ0v) is 9.55. The molecule has 3 fully saturated rings. The van der Waals surface area contributed by atoms with Crippen LogP contribution in [0.15, 0.2) is 12.2 Å². The van der Waals surface area contributed by atoms with Crippen LogP contribution in [0.5, 0.6) is 0 Å². The number of carbonyl (C=O) groups is 2. The summed E-state index contributed by atoms with van der Waals surface area (Å²) in [6, 6.07) is 0. The summed E-state index contributed by atoms with van der Waals surface area (Å²) in [6.07, 6.45) is -0.0274. The van der Waals surface area contributed by atoms with Crippen LogP contribution in [0.3, 0.4) is 0 Å². The number of esters is 2. The van der Waals surface area contributed by atoms with Gasteiger partial charge in [-0.1, -0.05) is 6.58 Å². The highest BCUT2D eigenvalue weighted by atomic mass is 16.6. The van der Waals surface area contributed by atoms with E-state index in [-0.39, 0.29) is 36.1 Å². The van der Waals surface area contributed by atoms with Gasteiger partial charge in [0.05, 0.1) is 18.6 Å². The summed E-state index contributed by atoms with van der Waals surface area (Å²) in [7, 11) is 0. The molecule has 3 saturated heterocycles. The summed E-state index contributed by atoms with van der Waals surface area (Å²) in [5, 5.41) is 0. The average molecular weight is 238 g/mol. The molecule has 0 aromatic carbocycles. The van der Waals surface area contributed by atoms with Crippen molar-refractivity contribution in [2.45, 2.75) is 31.7 Å². The second kappa shape index (κ2) is 3.57. The van der Waals surface area contributed by atoms with Gasteiger partial charge in [0.25, 0.3) is 0 Å². The molecule has 3 aliphatic heterocycles. The fourth-order valence-electron chi connectivity index (χ4n) is 2.92. The van der Waals surface area contributed by atoms with Crippen LogP contribution in [0, 0.1) is 11.8 Å². The molecule has 0 saturated carbocycles. The van der Waals surface area contributed by atoms with Gasteiger partial charge >= 0.3 is 11.9 Å². The van der Waals surface area contributed by atoms with Gasteiger partial charge in [-0.3, -0.25) is 4.79 Å². The van der Waals surface area contributed by atoms with E-state index in [1.807, 2.05) is 0 Å². The van der Waals surface area contributed by atoms with Gasteiger partial charge in [-0.15, -0.1) is 0 Å². The number of carbonyl (C=O) groups excluding carboxylic acids is 2. The highest BCUT2D eigenvalue weighted by molar-refractivity contribution is 5.87. The standard InChI is InChI=1S/C12H14O5/c1-5(2)11(13)17-8-3-7-6-4-15-12(14)9(6)10(8)16-7/h6-10H,1,3-4H2,2H3/t6-,7?,8-,9-,10-/m1/s1. The van der Waals surface area contributed by atoms with E-state index in [9.17, 15) is 9.59 Å². The second-order valence-electron chi connectivity index (χ2n) is 4.92. The Labute approximate surface area is 98.7 Å². The van der Waals surface area contributed by atoms with Gasteiger partial charge in [0, 0.05) is 17.9 Å². The molecule has 1 unspecified atom stereocenters. The number of hydrogen-bond donors (Lipinski definition) is 0. The molecule has 92 valence electrons. The normalized spacial score (nSPS) is 42.2. The van der Waals surface area contributed by atoms with Crippen LogP contribution in [-0.2, 0) is 23.8 Å². The van der Waals surface area contributed by atoms with Crippen LogP contribution in [0.1, 0.15) is 13.3 Å². The fourth-order valence-corrected chi connectivity index (χ4v) is 2.92. The predicted molar refractivity (Wildman–Crippen MR) is 55.9 cm³/mol. The highest BCUT2D eigenvalue weighted by Crippen LogP contribution is 2.48. The molecule has 0 aromatic rings. The Kier molecular flexibility index (Phi) is 2.26. The van der Waals surface area contributed by atoms with Crippen molar-refractivity contribution in [1.82, 2.24) is 0 Å². The van der Waals surface area contributed by atoms with Gasteiger partial charge in [-0.05, 0) is 6.92 Å². The van der Waals surface area contributed by atoms with E-state index >= 15 is 0 Å². The Balaban J connectivity index is 1.73. The first-order valence-electron chi connectivity index (χ1n) is 5.76. The van der Waals surface area contributed by atoms with Gasteiger partial charge in [-0.25, -0.2) is 4.79 Å². The molecule has 5 nitrogen and oxygen atoms in total. The van der Waals surface area contributed by atoms with E-state index in [4.69, 9.17) is 14.2 Å². The molecule has 3 aliphatic rings. The number of cyclic esters (lactones) is 1. The molecule has 3 rings (SSSR count). The van der Waals surface area contributed by atoms with Gasteiger partial charge < -0.3 is 14.2 Å². The second-order valence-corrected chi connectivity index (χ2v) is 4.92. The summed E-state index contributed by atoms with van der Waals surface area (Å²) in [5.41, 5.74) is 0.360. The minimum Gasteiger partial charge on any atom is -0.465 e. The van der Waals surface area contributed by atoms with Crippen molar-refractivity contribution in [1.29, 1.82) is 0 Å². The maximum Gasteiger partial charge on any atom is 0.333 e. The van der Waals surface area contributed by atoms with Crippen molar-refractivity contribution >= 4 is 11.9 Å². The van der Waals surface area contributed by atoms with E-state index in [1.165, 1.54) is 0 Å². The quantitative estimate of drug-likeness (QED) is 0.516. The lowest BCUT2D eigenvalue weighted by Gasteiger charge is -2.24. The summed E-state index contributed by atoms with van der Waals surface area (Å²) in [5.74, 6) is -0.753. The Morgan fingerprint density at radius 2 is 2.29 bits per heavy atom. The molecule has 0 aliphatic carbocycles. The lowest BCUT2D eigenvalue weighted by molar-refractivity contribution is -0.153. The number of ether oxygens (including phenoxy) is 3. The molecular weight excluding hydrogens is 224 g/mol. The van der Waals surface area contributed by atoms with Crippen molar-refractivity contribution in [3.05, 3.63) is 12.2 Å². The number of fused-ring (bicyclic) bond motifs is 5. The topological polar surface area (TPSA) is 61.8 Å². The van der Waals surface area contributed by atoms with E-state index in [2.05, 4.69) is 6.58 Å². The fraction of sp³-hybridized carbons (Fsp3) is 0.667. The van der Waals surface area contributed by atoms with Crippen LogP contribution in [0.2, 0.25) is 0 Å². The third-order valence-corrected chi connectivity index (χ3v) is 3.75. The average Bonchev–Trinajstić information content (AvgIpc) is 2.91. The van der Waals surface area contributed by atoms with Crippen LogP contribution in [0.25, 0.3) is 0 Å². The Hall–Kier alpha value is -1.36. The van der Waals surface area contributed by atoms with E-state index in [0.717, 1.165) is 0 Å². The zero-order valence-electron chi connectivity index (χ0n) is 9.55. The molecule has 17 heavy (non-hydrogen) atoms. The predicted octanol–water partition coefficient (Wildman–Crippen LogP) is 0.435. The van der Waals surface area contributed by atoms with Crippen LogP contribution in [-0.4, -0.2) is 36.9 Å². The molecule has 0 aromatic heterocycles. The lowest BCUT2D eigenvalue weighted by Crippen LogP contribution is -2.40. The van der Waals surface area contributed by atoms with Crippen molar-refractivity contribution in [2.24, 2.45) is 11.8 Å². The Morgan fingerprint density at radius 3 is 3.00 bits per heavy atom. The monoisotopic (exact) mass is 238 g/mol. The SMILES string of the molecule is C=C(C)C(=O)O[C@@H]1CC2O[C@H]1[C@@H]1C(=O)OC[C@H]21. The number of hydrogen-bond acceptors (Lipinski definition) is 5. The van der Waals surface area contributed by atoms with Crippen molar-refractivity contribution in [3.8, 4) is 0 Å². The molecule has 5 heteroatoms. The van der Waals surface area contributed by atoms with Crippen LogP contribution >= 0.6 is 0 Å². The summed E-state index contributed by atoms with van der Waals surface area (Å²) >= 11 is 0. The van der Waals surface area contributed by atoms with Crippen molar-refractivity contribution < 1.29 is 23.8 Å². The summed E-state index contributed by atoms with van der Waals surface area (Å²) < 4.78 is 16.0. The van der Waals surface area contributed by atoms with Crippen LogP contribution in [0.4, 0.5) is 0 Å². The van der Waals surface area contributed by atoms with E-state index < -0.39 is 5.97 Å². The Bertz CT molecular complexity index is 402. The van der Waals surface area contributed by atoms with Gasteiger partial charge in [0.2, 0.25) is 0 Å². The molecule has 3 heterocycles. The molecule has 2 bridgehead atoms. The van der Waals surface area contributed by atoms with Crippen molar-refractivity contribution in [2.75, 3.05) is 6.61 Å². The van der Waals surface area contributed by atoms with Crippen LogP contribution < -0.4 is 0 Å². The van der Waals surface area contributed by atoms with Gasteiger partial charge in [0.1, 0.15) is 12.2 Å². The molecule has 0 radical (unpaired) electrons. The maximum atomic E-state index is 11.6. The first-order chi connectivity index (χ1) is 8.08. The third kappa shape index (κ3) is 1.49. The summed E-state index contributed by atoms with van der Waals surface area (Å²) in [6.45, 7) is 5.57. The van der Waals surface area contributed by atoms with Gasteiger partial charge in [-0.2, -0.15) is 0 Å². The largest absolute Gasteiger partial charge is 0.465 e. The lowest BCUT2D eigenvalue weighted by atomic mass is 9.80. The van der Waals surface area contributed by atoms with E-state index in [1.54, 1.807) is 6.92 Å². The molecular formula is C12H14O5. The first-order valence-corrected chi connectivity index (χ1v) is 5.76.